The molecule has 6 heteroatoms. The minimum atomic E-state index is -3.67. The summed E-state index contributed by atoms with van der Waals surface area (Å²) < 4.78 is 27.8. The molecular weight excluding hydrogens is 312 g/mol. The smallest absolute Gasteiger partial charge is 0.233 e. The molecule has 2 atom stereocenters. The minimum absolute atomic E-state index is 0.0786. The number of sulfonamides is 1. The number of anilines is 1. The topological polar surface area (TPSA) is 87.0 Å². The zero-order chi connectivity index (χ0) is 16.9. The van der Waals surface area contributed by atoms with E-state index >= 15 is 0 Å². The quantitative estimate of drug-likeness (QED) is 0.918. The molecule has 5 nitrogen and oxygen atoms in total. The van der Waals surface area contributed by atoms with Crippen LogP contribution in [0.4, 0.5) is 5.69 Å². The predicted molar refractivity (Wildman–Crippen MR) is 87.1 cm³/mol. The predicted octanol–water partition coefficient (Wildman–Crippen LogP) is 2.70. The Balaban J connectivity index is 1.87. The van der Waals surface area contributed by atoms with Crippen LogP contribution in [0.15, 0.2) is 24.3 Å². The largest absolute Gasteiger partial charge is 0.299 e. The number of ketones is 1. The lowest BCUT2D eigenvalue weighted by molar-refractivity contribution is -0.128. The minimum Gasteiger partial charge on any atom is -0.299 e. The molecule has 0 unspecified atom stereocenters. The Bertz CT molecular complexity index is 807. The maximum atomic E-state index is 12.6. The van der Waals surface area contributed by atoms with E-state index in [4.69, 9.17) is 5.26 Å². The van der Waals surface area contributed by atoms with E-state index in [9.17, 15) is 13.2 Å². The van der Waals surface area contributed by atoms with E-state index in [0.717, 1.165) is 6.42 Å². The number of benzene rings is 1. The number of nitriles is 1. The van der Waals surface area contributed by atoms with Gasteiger partial charge in [0, 0.05) is 12.1 Å². The molecule has 0 aromatic heterocycles. The van der Waals surface area contributed by atoms with Crippen molar-refractivity contribution in [3.63, 3.8) is 0 Å². The summed E-state index contributed by atoms with van der Waals surface area (Å²) >= 11 is 0. The van der Waals surface area contributed by atoms with Crippen molar-refractivity contribution in [2.24, 2.45) is 16.7 Å². The van der Waals surface area contributed by atoms with E-state index in [1.54, 1.807) is 18.2 Å². The van der Waals surface area contributed by atoms with Crippen LogP contribution in [0, 0.1) is 28.1 Å². The van der Waals surface area contributed by atoms with Gasteiger partial charge >= 0.3 is 0 Å². The molecule has 1 aromatic rings. The van der Waals surface area contributed by atoms with Crippen molar-refractivity contribution >= 4 is 21.5 Å². The summed E-state index contributed by atoms with van der Waals surface area (Å²) in [5.41, 5.74) is -0.316. The van der Waals surface area contributed by atoms with E-state index in [1.165, 1.54) is 6.07 Å². The molecule has 2 aliphatic rings. The molecule has 0 aliphatic heterocycles. The lowest BCUT2D eigenvalue weighted by atomic mass is 9.70. The first-order valence-electron chi connectivity index (χ1n) is 7.74. The van der Waals surface area contributed by atoms with Gasteiger partial charge in [-0.3, -0.25) is 9.52 Å². The lowest BCUT2D eigenvalue weighted by Gasteiger charge is -2.36. The molecule has 0 spiro atoms. The molecule has 1 aromatic carbocycles. The van der Waals surface area contributed by atoms with Gasteiger partial charge < -0.3 is 0 Å². The summed E-state index contributed by atoms with van der Waals surface area (Å²) in [5, 5.41) is 8.91. The van der Waals surface area contributed by atoms with Crippen LogP contribution >= 0.6 is 0 Å². The second-order valence-electron chi connectivity index (χ2n) is 7.22. The van der Waals surface area contributed by atoms with Gasteiger partial charge in [0.25, 0.3) is 0 Å². The average Bonchev–Trinajstić information content (AvgIpc) is 2.80. The molecule has 122 valence electrons. The molecule has 2 aliphatic carbocycles. The standard InChI is InChI=1S/C17H20N2O3S/c1-16(2)13-6-7-17(16,15(20)9-13)11-23(21,22)19-14-5-3-4-12(8-14)10-18/h3-5,8,13,19H,6-7,9,11H2,1-2H3/t13-,17-/m1/s1. The number of carbonyl (C=O) groups is 1. The number of nitrogens with zero attached hydrogens (tertiary/aromatic N) is 1. The van der Waals surface area contributed by atoms with Crippen molar-refractivity contribution in [3.8, 4) is 6.07 Å². The Hall–Kier alpha value is -1.87. The second kappa shape index (κ2) is 5.07. The van der Waals surface area contributed by atoms with Gasteiger partial charge in [0.1, 0.15) is 5.78 Å². The molecule has 3 rings (SSSR count). The Kier molecular flexibility index (Phi) is 3.53. The summed E-state index contributed by atoms with van der Waals surface area (Å²) in [6.07, 6.45) is 2.05. The van der Waals surface area contributed by atoms with Gasteiger partial charge in [0.2, 0.25) is 10.0 Å². The molecule has 23 heavy (non-hydrogen) atoms. The number of Topliss-reactive ketones (excluding diaryl/α,β-unsaturated/α-hetero) is 1. The first kappa shape index (κ1) is 16.0. The van der Waals surface area contributed by atoms with Crippen LogP contribution in [0.25, 0.3) is 0 Å². The van der Waals surface area contributed by atoms with E-state index in [-0.39, 0.29) is 22.9 Å². The maximum absolute atomic E-state index is 12.6. The fraction of sp³-hybridized carbons (Fsp3) is 0.529. The highest BCUT2D eigenvalue weighted by Crippen LogP contribution is 2.64. The number of hydrogen-bond donors (Lipinski definition) is 1. The zero-order valence-electron chi connectivity index (χ0n) is 13.3. The third kappa shape index (κ3) is 2.43. The van der Waals surface area contributed by atoms with Crippen LogP contribution in [0.2, 0.25) is 0 Å². The van der Waals surface area contributed by atoms with E-state index in [1.807, 2.05) is 19.9 Å². The highest BCUT2D eigenvalue weighted by atomic mass is 32.2. The highest BCUT2D eigenvalue weighted by Gasteiger charge is 2.65. The molecular formula is C17H20N2O3S. The van der Waals surface area contributed by atoms with Crippen LogP contribution in [0.1, 0.15) is 38.7 Å². The van der Waals surface area contributed by atoms with Gasteiger partial charge in [-0.2, -0.15) is 5.26 Å². The summed E-state index contributed by atoms with van der Waals surface area (Å²) in [4.78, 5) is 12.5. The van der Waals surface area contributed by atoms with Crippen LogP contribution in [-0.4, -0.2) is 20.0 Å². The molecule has 0 radical (unpaired) electrons. The number of carbonyl (C=O) groups excluding carboxylic acids is 1. The van der Waals surface area contributed by atoms with Crippen molar-refractivity contribution in [2.45, 2.75) is 33.1 Å². The fourth-order valence-electron chi connectivity index (χ4n) is 4.30. The van der Waals surface area contributed by atoms with Gasteiger partial charge in [-0.15, -0.1) is 0 Å². The summed E-state index contributed by atoms with van der Waals surface area (Å²) in [6, 6.07) is 8.33. The number of fused-ring (bicyclic) bond motifs is 2. The average molecular weight is 332 g/mol. The maximum Gasteiger partial charge on any atom is 0.233 e. The van der Waals surface area contributed by atoms with Gasteiger partial charge in [-0.1, -0.05) is 19.9 Å². The van der Waals surface area contributed by atoms with Crippen molar-refractivity contribution in [2.75, 3.05) is 10.5 Å². The second-order valence-corrected chi connectivity index (χ2v) is 8.94. The molecule has 2 bridgehead atoms. The van der Waals surface area contributed by atoms with Crippen molar-refractivity contribution in [1.29, 1.82) is 5.26 Å². The van der Waals surface area contributed by atoms with Crippen LogP contribution in [0.5, 0.6) is 0 Å². The van der Waals surface area contributed by atoms with Crippen LogP contribution in [0.3, 0.4) is 0 Å². The van der Waals surface area contributed by atoms with Crippen LogP contribution in [-0.2, 0) is 14.8 Å². The monoisotopic (exact) mass is 332 g/mol. The Morgan fingerprint density at radius 2 is 2.13 bits per heavy atom. The first-order valence-corrected chi connectivity index (χ1v) is 9.39. The SMILES string of the molecule is CC1(C)[C@@H]2CC[C@@]1(CS(=O)(=O)Nc1cccc(C#N)c1)C(=O)C2. The normalized spacial score (nSPS) is 28.6. The van der Waals surface area contributed by atoms with Gasteiger partial charge in [0.05, 0.1) is 22.8 Å². The van der Waals surface area contributed by atoms with Crippen molar-refractivity contribution in [1.82, 2.24) is 0 Å². The summed E-state index contributed by atoms with van der Waals surface area (Å²) in [7, 11) is -3.67. The Morgan fingerprint density at radius 1 is 1.39 bits per heavy atom. The molecule has 2 fully saturated rings. The molecule has 0 heterocycles. The first-order chi connectivity index (χ1) is 10.7. The third-order valence-corrected chi connectivity index (χ3v) is 7.26. The van der Waals surface area contributed by atoms with Crippen LogP contribution < -0.4 is 4.72 Å². The van der Waals surface area contributed by atoms with Gasteiger partial charge in [-0.05, 0) is 42.4 Å². The van der Waals surface area contributed by atoms with E-state index in [2.05, 4.69) is 4.72 Å². The van der Waals surface area contributed by atoms with Crippen molar-refractivity contribution in [3.05, 3.63) is 29.8 Å². The Labute approximate surface area is 136 Å². The summed E-state index contributed by atoms with van der Waals surface area (Å²) in [5.74, 6) is 0.182. The number of nitrogens with one attached hydrogen (secondary N) is 1. The lowest BCUT2D eigenvalue weighted by Crippen LogP contribution is -2.43. The third-order valence-electron chi connectivity index (χ3n) is 5.84. The van der Waals surface area contributed by atoms with E-state index in [0.29, 0.717) is 24.1 Å². The molecule has 0 amide bonds. The zero-order valence-corrected chi connectivity index (χ0v) is 14.1. The number of rotatable bonds is 4. The van der Waals surface area contributed by atoms with Crippen molar-refractivity contribution < 1.29 is 13.2 Å². The molecule has 2 saturated carbocycles. The molecule has 1 N–H and O–H groups in total. The van der Waals surface area contributed by atoms with E-state index < -0.39 is 15.4 Å². The Morgan fingerprint density at radius 3 is 2.70 bits per heavy atom. The summed E-state index contributed by atoms with van der Waals surface area (Å²) in [6.45, 7) is 4.03. The fourth-order valence-corrected chi connectivity index (χ4v) is 6.18. The van der Waals surface area contributed by atoms with Gasteiger partial charge in [-0.25, -0.2) is 8.42 Å². The highest BCUT2D eigenvalue weighted by molar-refractivity contribution is 7.92. The number of hydrogen-bond acceptors (Lipinski definition) is 4. The van der Waals surface area contributed by atoms with Gasteiger partial charge in [0.15, 0.2) is 0 Å². The molecule has 0 saturated heterocycles.